The third-order valence-electron chi connectivity index (χ3n) is 4.37. The molecule has 124 valence electrons. The van der Waals surface area contributed by atoms with Crippen molar-refractivity contribution in [2.45, 2.75) is 76.9 Å². The Bertz CT molecular complexity index is 373. The lowest BCUT2D eigenvalue weighted by molar-refractivity contribution is 0.0424. The summed E-state index contributed by atoms with van der Waals surface area (Å²) < 4.78 is 11.5. The van der Waals surface area contributed by atoms with E-state index in [1.54, 1.807) is 0 Å². The lowest BCUT2D eigenvalue weighted by Gasteiger charge is -2.18. The number of rotatable bonds is 13. The van der Waals surface area contributed by atoms with E-state index in [0.717, 1.165) is 32.5 Å². The highest BCUT2D eigenvalue weighted by molar-refractivity contribution is 5.15. The highest BCUT2D eigenvalue weighted by atomic mass is 16.6. The van der Waals surface area contributed by atoms with Gasteiger partial charge in [-0.05, 0) is 31.2 Å². The molecule has 1 aliphatic rings. The smallest absolute Gasteiger partial charge is 0.0810 e. The zero-order chi connectivity index (χ0) is 15.5. The molecule has 2 rings (SSSR count). The maximum atomic E-state index is 6.18. The molecule has 2 heteroatoms. The topological polar surface area (TPSA) is 21.8 Å². The first-order chi connectivity index (χ1) is 10.9. The zero-order valence-corrected chi connectivity index (χ0v) is 14.1. The Hall–Kier alpha value is -0.860. The molecule has 1 fully saturated rings. The molecule has 0 N–H and O–H groups in total. The van der Waals surface area contributed by atoms with Crippen LogP contribution in [0.4, 0.5) is 0 Å². The summed E-state index contributed by atoms with van der Waals surface area (Å²) in [5, 5.41) is 0. The van der Waals surface area contributed by atoms with Crippen molar-refractivity contribution in [1.82, 2.24) is 0 Å². The van der Waals surface area contributed by atoms with Crippen molar-refractivity contribution in [3.63, 3.8) is 0 Å². The van der Waals surface area contributed by atoms with Gasteiger partial charge in [-0.2, -0.15) is 0 Å². The Morgan fingerprint density at radius 2 is 1.82 bits per heavy atom. The van der Waals surface area contributed by atoms with Gasteiger partial charge in [-0.25, -0.2) is 0 Å². The van der Waals surface area contributed by atoms with Crippen LogP contribution >= 0.6 is 0 Å². The van der Waals surface area contributed by atoms with Gasteiger partial charge in [-0.3, -0.25) is 0 Å². The summed E-state index contributed by atoms with van der Waals surface area (Å²) in [7, 11) is 0. The van der Waals surface area contributed by atoms with Crippen LogP contribution < -0.4 is 0 Å². The maximum Gasteiger partial charge on any atom is 0.0810 e. The van der Waals surface area contributed by atoms with Gasteiger partial charge >= 0.3 is 0 Å². The predicted molar refractivity (Wildman–Crippen MR) is 92.2 cm³/mol. The monoisotopic (exact) mass is 304 g/mol. The van der Waals surface area contributed by atoms with Crippen molar-refractivity contribution in [1.29, 1.82) is 0 Å². The fourth-order valence-electron chi connectivity index (χ4n) is 2.86. The Labute approximate surface area is 136 Å². The minimum Gasteiger partial charge on any atom is -0.378 e. The first kappa shape index (κ1) is 17.5. The summed E-state index contributed by atoms with van der Waals surface area (Å²) in [4.78, 5) is 0. The van der Waals surface area contributed by atoms with Gasteiger partial charge in [0.15, 0.2) is 0 Å². The number of epoxide rings is 1. The number of ether oxygens (including phenoxy) is 2. The Morgan fingerprint density at radius 3 is 2.55 bits per heavy atom. The summed E-state index contributed by atoms with van der Waals surface area (Å²) >= 11 is 0. The fraction of sp³-hybridized carbons (Fsp3) is 0.700. The van der Waals surface area contributed by atoms with E-state index in [0.29, 0.717) is 12.2 Å². The molecule has 2 atom stereocenters. The molecule has 0 spiro atoms. The number of hydrogen-bond acceptors (Lipinski definition) is 2. The van der Waals surface area contributed by atoms with E-state index < -0.39 is 0 Å². The molecule has 0 radical (unpaired) electrons. The van der Waals surface area contributed by atoms with Crippen molar-refractivity contribution in [2.24, 2.45) is 0 Å². The van der Waals surface area contributed by atoms with Crippen LogP contribution in [0, 0.1) is 0 Å². The Kier molecular flexibility index (Phi) is 8.59. The highest BCUT2D eigenvalue weighted by Gasteiger charge is 2.23. The molecule has 1 heterocycles. The normalized spacial score (nSPS) is 18.3. The van der Waals surface area contributed by atoms with Gasteiger partial charge in [-0.1, -0.05) is 69.4 Å². The second-order valence-electron chi connectivity index (χ2n) is 6.48. The summed E-state index contributed by atoms with van der Waals surface area (Å²) in [6.45, 7) is 4.13. The molecule has 2 unspecified atom stereocenters. The number of benzene rings is 1. The average molecular weight is 304 g/mol. The van der Waals surface area contributed by atoms with E-state index >= 15 is 0 Å². The lowest BCUT2D eigenvalue weighted by Crippen LogP contribution is -2.18. The molecule has 22 heavy (non-hydrogen) atoms. The fourth-order valence-corrected chi connectivity index (χ4v) is 2.86. The largest absolute Gasteiger partial charge is 0.378 e. The minimum absolute atomic E-state index is 0.349. The summed E-state index contributed by atoms with van der Waals surface area (Å²) in [5.41, 5.74) is 1.38. The second-order valence-corrected chi connectivity index (χ2v) is 6.48. The second kappa shape index (κ2) is 10.8. The number of hydrogen-bond donors (Lipinski definition) is 0. The van der Waals surface area contributed by atoms with Crippen LogP contribution in [0.25, 0.3) is 0 Å². The molecule has 0 aromatic heterocycles. The minimum atomic E-state index is 0.349. The summed E-state index contributed by atoms with van der Waals surface area (Å²) in [6.07, 6.45) is 12.1. The maximum absolute atomic E-state index is 6.18. The van der Waals surface area contributed by atoms with Crippen LogP contribution in [0.5, 0.6) is 0 Å². The quantitative estimate of drug-likeness (QED) is 0.371. The third kappa shape index (κ3) is 7.95. The van der Waals surface area contributed by atoms with Crippen LogP contribution in [0.2, 0.25) is 0 Å². The first-order valence-electron chi connectivity index (χ1n) is 9.15. The van der Waals surface area contributed by atoms with E-state index in [1.165, 1.54) is 44.1 Å². The van der Waals surface area contributed by atoms with Crippen molar-refractivity contribution in [3.8, 4) is 0 Å². The average Bonchev–Trinajstić information content (AvgIpc) is 3.37. The van der Waals surface area contributed by atoms with E-state index in [1.807, 2.05) is 0 Å². The van der Waals surface area contributed by atoms with Gasteiger partial charge < -0.3 is 9.47 Å². The molecule has 1 aliphatic heterocycles. The molecule has 0 aliphatic carbocycles. The van der Waals surface area contributed by atoms with E-state index in [2.05, 4.69) is 37.3 Å². The predicted octanol–water partition coefficient (Wildman–Crippen LogP) is 5.15. The third-order valence-corrected chi connectivity index (χ3v) is 4.37. The van der Waals surface area contributed by atoms with Gasteiger partial charge in [0.25, 0.3) is 0 Å². The van der Waals surface area contributed by atoms with Crippen molar-refractivity contribution >= 4 is 0 Å². The molecule has 0 bridgehead atoms. The molecule has 1 saturated heterocycles. The van der Waals surface area contributed by atoms with Gasteiger partial charge in [-0.15, -0.1) is 0 Å². The highest BCUT2D eigenvalue weighted by Crippen LogP contribution is 2.20. The number of unbranched alkanes of at least 4 members (excludes halogenated alkanes) is 5. The van der Waals surface area contributed by atoms with Crippen LogP contribution in [-0.2, 0) is 15.9 Å². The Balaban J connectivity index is 1.63. The van der Waals surface area contributed by atoms with E-state index in [-0.39, 0.29) is 0 Å². The molecule has 0 amide bonds. The van der Waals surface area contributed by atoms with Crippen LogP contribution in [0.15, 0.2) is 30.3 Å². The molecular weight excluding hydrogens is 272 g/mol. The van der Waals surface area contributed by atoms with Gasteiger partial charge in [0.2, 0.25) is 0 Å². The van der Waals surface area contributed by atoms with Crippen LogP contribution in [0.3, 0.4) is 0 Å². The van der Waals surface area contributed by atoms with Crippen molar-refractivity contribution < 1.29 is 9.47 Å². The van der Waals surface area contributed by atoms with Gasteiger partial charge in [0.1, 0.15) is 0 Å². The molecule has 2 nitrogen and oxygen atoms in total. The summed E-state index contributed by atoms with van der Waals surface area (Å²) in [6, 6.07) is 10.7. The zero-order valence-electron chi connectivity index (χ0n) is 14.1. The first-order valence-corrected chi connectivity index (χ1v) is 9.15. The Morgan fingerprint density at radius 1 is 1.09 bits per heavy atom. The van der Waals surface area contributed by atoms with E-state index in [9.17, 15) is 0 Å². The van der Waals surface area contributed by atoms with Crippen LogP contribution in [0.1, 0.15) is 63.9 Å². The van der Waals surface area contributed by atoms with Crippen LogP contribution in [-0.4, -0.2) is 25.4 Å². The lowest BCUT2D eigenvalue weighted by atomic mass is 10.0. The molecular formula is C20H32O2. The molecule has 1 aromatic carbocycles. The van der Waals surface area contributed by atoms with Gasteiger partial charge in [0.05, 0.1) is 18.8 Å². The van der Waals surface area contributed by atoms with Gasteiger partial charge in [0, 0.05) is 6.61 Å². The van der Waals surface area contributed by atoms with Crippen molar-refractivity contribution in [3.05, 3.63) is 35.9 Å². The van der Waals surface area contributed by atoms with E-state index in [4.69, 9.17) is 9.47 Å². The molecule has 1 aromatic rings. The molecule has 0 saturated carbocycles. The summed E-state index contributed by atoms with van der Waals surface area (Å²) in [5.74, 6) is 0. The SMILES string of the molecule is CCCCCCCCOC(CCC1CO1)Cc1ccccc1. The standard InChI is InChI=1S/C20H32O2/c1-2-3-4-5-6-10-15-21-19(13-14-20-17-22-20)16-18-11-8-7-9-12-18/h7-9,11-12,19-20H,2-6,10,13-17H2,1H3. The van der Waals surface area contributed by atoms with Crippen molar-refractivity contribution in [2.75, 3.05) is 13.2 Å².